The number of anilines is 1. The number of ether oxygens (including phenoxy) is 2. The van der Waals surface area contributed by atoms with E-state index in [-0.39, 0.29) is 59.1 Å². The molecule has 2 aromatic carbocycles. The second-order valence-electron chi connectivity index (χ2n) is 13.5. The molecule has 7 heterocycles. The van der Waals surface area contributed by atoms with Gasteiger partial charge in [-0.3, -0.25) is 4.90 Å². The molecule has 2 aromatic heterocycles. The highest BCUT2D eigenvalue weighted by molar-refractivity contribution is 6.03. The van der Waals surface area contributed by atoms with Crippen LogP contribution in [0.5, 0.6) is 17.6 Å². The molecule has 5 aliphatic rings. The number of pyridine rings is 1. The SMILES string of the molecule is CCc1c(F)ccc2cc(O)cc(-c3nc4c5c(nc(OC[C@@]67CCCN6C[C@H](F)C7)nc5c3F)N3C[C@@H]5CC[C@@H](N5)[C@H]3CO4)c12. The van der Waals surface area contributed by atoms with E-state index in [1.165, 1.54) is 18.2 Å². The van der Waals surface area contributed by atoms with Gasteiger partial charge in [0.1, 0.15) is 53.4 Å². The minimum absolute atomic E-state index is 0.0145. The molecule has 4 fully saturated rings. The Labute approximate surface area is 263 Å². The van der Waals surface area contributed by atoms with E-state index in [0.717, 1.165) is 32.2 Å². The molecule has 4 aromatic rings. The third-order valence-corrected chi connectivity index (χ3v) is 10.9. The zero-order valence-electron chi connectivity index (χ0n) is 25.5. The first-order valence-electron chi connectivity index (χ1n) is 16.3. The summed E-state index contributed by atoms with van der Waals surface area (Å²) in [4.78, 5) is 18.6. The molecule has 4 saturated heterocycles. The molecule has 0 amide bonds. The number of aryl methyl sites for hydroxylation is 1. The number of alkyl halides is 1. The summed E-state index contributed by atoms with van der Waals surface area (Å²) in [6, 6.07) is 6.25. The van der Waals surface area contributed by atoms with Crippen LogP contribution in [0, 0.1) is 11.6 Å². The van der Waals surface area contributed by atoms with Crippen molar-refractivity contribution in [2.45, 2.75) is 75.3 Å². The number of aromatic hydroxyl groups is 1. The second kappa shape index (κ2) is 10.3. The summed E-state index contributed by atoms with van der Waals surface area (Å²) in [7, 11) is 0. The largest absolute Gasteiger partial charge is 0.508 e. The first kappa shape index (κ1) is 28.3. The summed E-state index contributed by atoms with van der Waals surface area (Å²) in [6.45, 7) is 4.21. The lowest BCUT2D eigenvalue weighted by atomic mass is 9.94. The quantitative estimate of drug-likeness (QED) is 0.314. The Morgan fingerprint density at radius 2 is 2.02 bits per heavy atom. The van der Waals surface area contributed by atoms with E-state index in [1.807, 2.05) is 6.92 Å². The van der Waals surface area contributed by atoms with Crippen molar-refractivity contribution < 1.29 is 27.8 Å². The van der Waals surface area contributed by atoms with Gasteiger partial charge in [0.2, 0.25) is 5.88 Å². The number of halogens is 3. The molecule has 2 bridgehead atoms. The van der Waals surface area contributed by atoms with E-state index in [2.05, 4.69) is 20.1 Å². The second-order valence-corrected chi connectivity index (χ2v) is 13.5. The van der Waals surface area contributed by atoms with E-state index < -0.39 is 23.3 Å². The molecule has 0 saturated carbocycles. The maximum Gasteiger partial charge on any atom is 0.319 e. The van der Waals surface area contributed by atoms with Crippen LogP contribution >= 0.6 is 0 Å². The van der Waals surface area contributed by atoms with Crippen LogP contribution in [-0.4, -0.2) is 87.6 Å². The monoisotopic (exact) mass is 632 g/mol. The summed E-state index contributed by atoms with van der Waals surface area (Å²) < 4.78 is 59.3. The van der Waals surface area contributed by atoms with E-state index in [0.29, 0.717) is 60.1 Å². The lowest BCUT2D eigenvalue weighted by Gasteiger charge is -2.40. The molecule has 0 radical (unpaired) electrons. The van der Waals surface area contributed by atoms with Crippen molar-refractivity contribution in [1.82, 2.24) is 25.2 Å². The van der Waals surface area contributed by atoms with E-state index in [9.17, 15) is 9.50 Å². The minimum atomic E-state index is -0.913. The van der Waals surface area contributed by atoms with E-state index in [4.69, 9.17) is 19.4 Å². The number of fused-ring (bicyclic) bond motifs is 7. The molecule has 0 spiro atoms. The van der Waals surface area contributed by atoms with E-state index >= 15 is 8.78 Å². The van der Waals surface area contributed by atoms with Crippen molar-refractivity contribution >= 4 is 27.5 Å². The van der Waals surface area contributed by atoms with Gasteiger partial charge in [-0.15, -0.1) is 0 Å². The number of phenols is 1. The number of hydrogen-bond acceptors (Lipinski definition) is 9. The molecule has 5 aliphatic heterocycles. The molecule has 2 N–H and O–H groups in total. The summed E-state index contributed by atoms with van der Waals surface area (Å²) in [5.41, 5.74) is 0.0926. The molecular formula is C34H35F3N6O3. The Morgan fingerprint density at radius 1 is 1.13 bits per heavy atom. The predicted octanol–water partition coefficient (Wildman–Crippen LogP) is 5.05. The van der Waals surface area contributed by atoms with Crippen molar-refractivity contribution in [3.8, 4) is 28.9 Å². The minimum Gasteiger partial charge on any atom is -0.508 e. The summed E-state index contributed by atoms with van der Waals surface area (Å²) in [5, 5.41) is 15.8. The Morgan fingerprint density at radius 3 is 2.89 bits per heavy atom. The zero-order chi connectivity index (χ0) is 31.3. The Bertz CT molecular complexity index is 1910. The van der Waals surface area contributed by atoms with Gasteiger partial charge in [0, 0.05) is 37.2 Å². The first-order chi connectivity index (χ1) is 22.3. The number of nitrogens with one attached hydrogen (secondary N) is 1. The van der Waals surface area contributed by atoms with Crippen molar-refractivity contribution in [1.29, 1.82) is 0 Å². The van der Waals surface area contributed by atoms with Gasteiger partial charge in [-0.25, -0.2) is 18.2 Å². The molecule has 9 nitrogen and oxygen atoms in total. The highest BCUT2D eigenvalue weighted by atomic mass is 19.1. The lowest BCUT2D eigenvalue weighted by molar-refractivity contribution is 0.107. The number of piperazine rings is 1. The van der Waals surface area contributed by atoms with Crippen molar-refractivity contribution in [2.24, 2.45) is 0 Å². The van der Waals surface area contributed by atoms with Gasteiger partial charge in [0.15, 0.2) is 5.82 Å². The predicted molar refractivity (Wildman–Crippen MR) is 166 cm³/mol. The fourth-order valence-corrected chi connectivity index (χ4v) is 8.84. The number of phenolic OH excluding ortho intramolecular Hbond substituents is 1. The van der Waals surface area contributed by atoms with Crippen molar-refractivity contribution in [2.75, 3.05) is 37.7 Å². The van der Waals surface area contributed by atoms with Crippen molar-refractivity contribution in [3.63, 3.8) is 0 Å². The maximum atomic E-state index is 17.1. The lowest BCUT2D eigenvalue weighted by Crippen LogP contribution is -2.60. The third-order valence-electron chi connectivity index (χ3n) is 10.9. The Balaban J connectivity index is 1.24. The number of nitrogens with zero attached hydrogens (tertiary/aromatic N) is 5. The van der Waals surface area contributed by atoms with Crippen LogP contribution in [0.3, 0.4) is 0 Å². The summed E-state index contributed by atoms with van der Waals surface area (Å²) in [6.07, 6.45) is 3.62. The van der Waals surface area contributed by atoms with Gasteiger partial charge in [-0.05, 0) is 73.2 Å². The zero-order valence-corrected chi connectivity index (χ0v) is 25.5. The van der Waals surface area contributed by atoms with Crippen LogP contribution in [0.2, 0.25) is 0 Å². The molecule has 240 valence electrons. The third kappa shape index (κ3) is 4.18. The standard InChI is InChI=1S/C34H35F3N6O3/c1-2-21-23(36)6-4-17-10-20(44)11-22(26(17)21)29-28(37)30-27-31(43-14-19-5-7-24(38-19)25(43)15-45-32(27)39-29)41-33(40-30)46-16-34-8-3-9-42(34)13-18(35)12-34/h4,6,10-11,18-19,24-25,38,44H,2-3,5,7-9,12-16H2,1H3/t18-,19+,24-,25-,34+/m1/s1. The smallest absolute Gasteiger partial charge is 0.319 e. The van der Waals surface area contributed by atoms with Gasteiger partial charge in [0.05, 0.1) is 11.6 Å². The fourth-order valence-electron chi connectivity index (χ4n) is 8.84. The summed E-state index contributed by atoms with van der Waals surface area (Å²) in [5.74, 6) is -0.568. The molecule has 12 heteroatoms. The number of hydrogen-bond donors (Lipinski definition) is 2. The van der Waals surface area contributed by atoms with Gasteiger partial charge in [-0.1, -0.05) is 13.0 Å². The molecule has 5 atom stereocenters. The normalized spacial score (nSPS) is 28.4. The molecule has 0 unspecified atom stereocenters. The summed E-state index contributed by atoms with van der Waals surface area (Å²) >= 11 is 0. The van der Waals surface area contributed by atoms with Gasteiger partial charge in [0.25, 0.3) is 0 Å². The van der Waals surface area contributed by atoms with Crippen LogP contribution < -0.4 is 19.7 Å². The van der Waals surface area contributed by atoms with Crippen molar-refractivity contribution in [3.05, 3.63) is 41.5 Å². The fraction of sp³-hybridized carbons (Fsp3) is 0.500. The van der Waals surface area contributed by atoms with Gasteiger partial charge in [-0.2, -0.15) is 9.97 Å². The number of aromatic nitrogens is 3. The molecular weight excluding hydrogens is 597 g/mol. The average Bonchev–Trinajstić information content (AvgIpc) is 3.68. The topological polar surface area (TPSA) is 95.9 Å². The molecule has 46 heavy (non-hydrogen) atoms. The Kier molecular flexibility index (Phi) is 6.34. The highest BCUT2D eigenvalue weighted by Gasteiger charge is 2.50. The van der Waals surface area contributed by atoms with Crippen LogP contribution in [0.15, 0.2) is 24.3 Å². The maximum absolute atomic E-state index is 17.1. The van der Waals surface area contributed by atoms with Gasteiger partial charge >= 0.3 is 6.01 Å². The van der Waals surface area contributed by atoms with Crippen LogP contribution in [0.4, 0.5) is 19.0 Å². The van der Waals surface area contributed by atoms with Crippen LogP contribution in [-0.2, 0) is 6.42 Å². The average molecular weight is 633 g/mol. The number of benzene rings is 2. The molecule has 0 aliphatic carbocycles. The number of rotatable bonds is 5. The highest BCUT2D eigenvalue weighted by Crippen LogP contribution is 2.45. The first-order valence-corrected chi connectivity index (χ1v) is 16.3. The van der Waals surface area contributed by atoms with E-state index in [1.54, 1.807) is 6.07 Å². The molecule has 9 rings (SSSR count). The van der Waals surface area contributed by atoms with Crippen LogP contribution in [0.25, 0.3) is 32.9 Å². The van der Waals surface area contributed by atoms with Crippen LogP contribution in [0.1, 0.15) is 44.6 Å². The van der Waals surface area contributed by atoms with Gasteiger partial charge < -0.3 is 24.8 Å². The Hall–Kier alpha value is -3.90.